The molecular weight excluding hydrogens is 276 g/mol. The van der Waals surface area contributed by atoms with Crippen molar-refractivity contribution >= 4 is 31.5 Å². The van der Waals surface area contributed by atoms with Crippen LogP contribution in [0.15, 0.2) is 48.8 Å². The monoisotopic (exact) mass is 293 g/mol. The molecule has 0 amide bonds. The summed E-state index contributed by atoms with van der Waals surface area (Å²) < 4.78 is 7.08. The van der Waals surface area contributed by atoms with Crippen molar-refractivity contribution in [3.05, 3.63) is 54.4 Å². The van der Waals surface area contributed by atoms with Crippen LogP contribution in [0, 0.1) is 6.92 Å². The Morgan fingerprint density at radius 1 is 1.05 bits per heavy atom. The van der Waals surface area contributed by atoms with Crippen LogP contribution < -0.4 is 4.57 Å². The van der Waals surface area contributed by atoms with E-state index in [4.69, 9.17) is 0 Å². The highest BCUT2D eigenvalue weighted by molar-refractivity contribution is 7.25. The molecule has 4 rings (SSSR count). The zero-order valence-electron chi connectivity index (χ0n) is 12.4. The lowest BCUT2D eigenvalue weighted by molar-refractivity contribution is -0.659. The van der Waals surface area contributed by atoms with Gasteiger partial charge in [-0.15, -0.1) is 11.3 Å². The molecule has 0 fully saturated rings. The van der Waals surface area contributed by atoms with E-state index in [1.165, 1.54) is 37.1 Å². The number of aromatic nitrogens is 2. The molecule has 0 spiro atoms. The molecule has 3 heteroatoms. The van der Waals surface area contributed by atoms with Crippen LogP contribution in [0.2, 0.25) is 0 Å². The average molecular weight is 293 g/mol. The van der Waals surface area contributed by atoms with Crippen LogP contribution in [0.25, 0.3) is 31.6 Å². The van der Waals surface area contributed by atoms with Crippen molar-refractivity contribution in [2.45, 2.75) is 6.92 Å². The van der Waals surface area contributed by atoms with Gasteiger partial charge in [0.15, 0.2) is 0 Å². The Bertz CT molecular complexity index is 956. The van der Waals surface area contributed by atoms with Crippen LogP contribution in [0.3, 0.4) is 0 Å². The van der Waals surface area contributed by atoms with Crippen molar-refractivity contribution < 1.29 is 4.57 Å². The largest absolute Gasteiger partial charge is 0.288 e. The minimum Gasteiger partial charge on any atom is -0.233 e. The number of hydrogen-bond acceptors (Lipinski definition) is 1. The summed E-state index contributed by atoms with van der Waals surface area (Å²) in [5.41, 5.74) is 2.63. The third-order valence-electron chi connectivity index (χ3n) is 4.15. The molecule has 21 heavy (non-hydrogen) atoms. The Kier molecular flexibility index (Phi) is 2.66. The maximum Gasteiger partial charge on any atom is 0.288 e. The standard InChI is InChI=1S/C18H17N2S/c1-12-10-15-13-6-4-5-7-16(13)21-17(15)11-14(12)18-19(2)8-9-20(18)3/h4-11H,1-3H3/q+1. The van der Waals surface area contributed by atoms with Crippen LogP contribution in [-0.2, 0) is 14.1 Å². The third-order valence-corrected chi connectivity index (χ3v) is 5.28. The highest BCUT2D eigenvalue weighted by Crippen LogP contribution is 2.37. The first-order chi connectivity index (χ1) is 10.1. The lowest BCUT2D eigenvalue weighted by Gasteiger charge is -2.04. The summed E-state index contributed by atoms with van der Waals surface area (Å²) in [5.74, 6) is 1.24. The molecule has 0 unspecified atom stereocenters. The molecule has 2 nitrogen and oxygen atoms in total. The summed E-state index contributed by atoms with van der Waals surface area (Å²) in [4.78, 5) is 0. The maximum atomic E-state index is 2.34. The second-order valence-electron chi connectivity index (χ2n) is 5.61. The number of imidazole rings is 1. The van der Waals surface area contributed by atoms with Gasteiger partial charge in [-0.05, 0) is 30.7 Å². The SMILES string of the molecule is Cc1cc2c(cc1-c1n(C)cc[n+]1C)sc1ccccc12. The van der Waals surface area contributed by atoms with Gasteiger partial charge in [0, 0.05) is 20.2 Å². The van der Waals surface area contributed by atoms with Gasteiger partial charge >= 0.3 is 0 Å². The molecule has 0 aliphatic heterocycles. The van der Waals surface area contributed by atoms with Gasteiger partial charge < -0.3 is 0 Å². The normalized spacial score (nSPS) is 11.6. The average Bonchev–Trinajstić information content (AvgIpc) is 2.99. The van der Waals surface area contributed by atoms with Gasteiger partial charge in [-0.1, -0.05) is 18.2 Å². The first-order valence-corrected chi connectivity index (χ1v) is 7.90. The van der Waals surface area contributed by atoms with Crippen LogP contribution in [-0.4, -0.2) is 4.57 Å². The molecule has 0 aliphatic rings. The van der Waals surface area contributed by atoms with Crippen molar-refractivity contribution in [2.75, 3.05) is 0 Å². The van der Waals surface area contributed by atoms with E-state index in [1.54, 1.807) is 0 Å². The molecule has 2 aromatic carbocycles. The molecule has 0 bridgehead atoms. The van der Waals surface area contributed by atoms with Gasteiger partial charge in [-0.3, -0.25) is 0 Å². The van der Waals surface area contributed by atoms with Crippen LogP contribution in [0.5, 0.6) is 0 Å². The van der Waals surface area contributed by atoms with E-state index < -0.39 is 0 Å². The Morgan fingerprint density at radius 3 is 2.62 bits per heavy atom. The van der Waals surface area contributed by atoms with E-state index >= 15 is 0 Å². The zero-order chi connectivity index (χ0) is 14.6. The predicted molar refractivity (Wildman–Crippen MR) is 89.7 cm³/mol. The number of rotatable bonds is 1. The molecule has 0 saturated carbocycles. The van der Waals surface area contributed by atoms with E-state index in [9.17, 15) is 0 Å². The number of nitrogens with zero attached hydrogens (tertiary/aromatic N) is 2. The first-order valence-electron chi connectivity index (χ1n) is 7.08. The molecule has 2 aromatic heterocycles. The van der Waals surface area contributed by atoms with Crippen molar-refractivity contribution in [3.63, 3.8) is 0 Å². The van der Waals surface area contributed by atoms with Gasteiger partial charge in [-0.25, -0.2) is 9.13 Å². The van der Waals surface area contributed by atoms with Crippen LogP contribution in [0.4, 0.5) is 0 Å². The summed E-state index contributed by atoms with van der Waals surface area (Å²) in [6, 6.07) is 13.3. The predicted octanol–water partition coefficient (Wildman–Crippen LogP) is 4.19. The van der Waals surface area contributed by atoms with Crippen molar-refractivity contribution in [3.8, 4) is 11.4 Å². The van der Waals surface area contributed by atoms with Crippen LogP contribution in [0.1, 0.15) is 5.56 Å². The quantitative estimate of drug-likeness (QED) is 0.465. The number of benzene rings is 2. The topological polar surface area (TPSA) is 8.81 Å². The summed E-state index contributed by atoms with van der Waals surface area (Å²) in [7, 11) is 4.20. The first kappa shape index (κ1) is 12.6. The van der Waals surface area contributed by atoms with Gasteiger partial charge in [0.05, 0.1) is 19.7 Å². The van der Waals surface area contributed by atoms with E-state index in [0.717, 1.165) is 0 Å². The molecule has 0 atom stereocenters. The summed E-state index contributed by atoms with van der Waals surface area (Å²) in [6.07, 6.45) is 4.20. The van der Waals surface area contributed by atoms with Crippen LogP contribution >= 0.6 is 11.3 Å². The fraction of sp³-hybridized carbons (Fsp3) is 0.167. The number of thiophene rings is 1. The van der Waals surface area contributed by atoms with E-state index in [2.05, 4.69) is 78.9 Å². The van der Waals surface area contributed by atoms with Gasteiger partial charge in [-0.2, -0.15) is 0 Å². The molecule has 0 saturated heterocycles. The van der Waals surface area contributed by atoms with Gasteiger partial charge in [0.2, 0.25) is 0 Å². The Labute approximate surface area is 127 Å². The molecule has 4 aromatic rings. The zero-order valence-corrected chi connectivity index (χ0v) is 13.2. The Balaban J connectivity index is 2.08. The van der Waals surface area contributed by atoms with Crippen molar-refractivity contribution in [2.24, 2.45) is 14.1 Å². The smallest absolute Gasteiger partial charge is 0.233 e. The molecule has 2 heterocycles. The highest BCUT2D eigenvalue weighted by Gasteiger charge is 2.18. The Hall–Kier alpha value is -2.13. The summed E-state index contributed by atoms with van der Waals surface area (Å²) in [6.45, 7) is 2.20. The number of aryl methyl sites for hydroxylation is 3. The van der Waals surface area contributed by atoms with Crippen molar-refractivity contribution in [1.82, 2.24) is 4.57 Å². The van der Waals surface area contributed by atoms with E-state index in [1.807, 2.05) is 11.3 Å². The van der Waals surface area contributed by atoms with E-state index in [0.29, 0.717) is 0 Å². The lowest BCUT2D eigenvalue weighted by Crippen LogP contribution is -2.28. The lowest BCUT2D eigenvalue weighted by atomic mass is 10.0. The second kappa shape index (κ2) is 4.43. The number of hydrogen-bond donors (Lipinski definition) is 0. The summed E-state index contributed by atoms with van der Waals surface area (Å²) in [5, 5.41) is 2.73. The summed E-state index contributed by atoms with van der Waals surface area (Å²) >= 11 is 1.88. The highest BCUT2D eigenvalue weighted by atomic mass is 32.1. The minimum atomic E-state index is 1.24. The minimum absolute atomic E-state index is 1.24. The third kappa shape index (κ3) is 1.81. The Morgan fingerprint density at radius 2 is 1.86 bits per heavy atom. The molecule has 0 aliphatic carbocycles. The fourth-order valence-electron chi connectivity index (χ4n) is 3.09. The fourth-order valence-corrected chi connectivity index (χ4v) is 4.22. The van der Waals surface area contributed by atoms with Gasteiger partial charge in [0.1, 0.15) is 12.4 Å². The van der Waals surface area contributed by atoms with E-state index in [-0.39, 0.29) is 0 Å². The molecule has 0 radical (unpaired) electrons. The second-order valence-corrected chi connectivity index (χ2v) is 6.69. The number of fused-ring (bicyclic) bond motifs is 3. The molecular formula is C18H17N2S+. The maximum absolute atomic E-state index is 2.34. The van der Waals surface area contributed by atoms with Gasteiger partial charge in [0.25, 0.3) is 5.82 Å². The molecule has 0 N–H and O–H groups in total. The van der Waals surface area contributed by atoms with Crippen molar-refractivity contribution in [1.29, 1.82) is 0 Å². The molecule has 104 valence electrons.